The first-order chi connectivity index (χ1) is 7.69. The lowest BCUT2D eigenvalue weighted by atomic mass is 9.78. The van der Waals surface area contributed by atoms with E-state index in [1.54, 1.807) is 0 Å². The molecule has 0 aromatic rings. The standard InChI is InChI=1S/C13H17NO2.CH4/c1-3-8-14-13(16)12(15)11(4-2)9-10-6-5-7-10;/h2-3,10-11H,1,5-9H2,(H,14,16);1H4. The molecule has 3 heteroatoms. The number of rotatable bonds is 6. The second-order valence-corrected chi connectivity index (χ2v) is 4.11. The maximum absolute atomic E-state index is 11.7. The van der Waals surface area contributed by atoms with E-state index in [4.69, 9.17) is 6.42 Å². The Bertz CT molecular complexity index is 324. The van der Waals surface area contributed by atoms with E-state index in [0.29, 0.717) is 18.9 Å². The zero-order chi connectivity index (χ0) is 12.0. The van der Waals surface area contributed by atoms with Crippen LogP contribution in [0, 0.1) is 24.2 Å². The summed E-state index contributed by atoms with van der Waals surface area (Å²) in [6.07, 6.45) is 10.9. The third-order valence-corrected chi connectivity index (χ3v) is 2.94. The summed E-state index contributed by atoms with van der Waals surface area (Å²) < 4.78 is 0. The number of carbonyl (C=O) groups excluding carboxylic acids is 2. The number of hydrogen-bond acceptors (Lipinski definition) is 2. The zero-order valence-electron chi connectivity index (χ0n) is 9.37. The van der Waals surface area contributed by atoms with E-state index in [2.05, 4.69) is 17.8 Å². The summed E-state index contributed by atoms with van der Waals surface area (Å²) in [4.78, 5) is 23.1. The molecular weight excluding hydrogens is 214 g/mol. The van der Waals surface area contributed by atoms with Gasteiger partial charge in [-0.1, -0.05) is 38.7 Å². The number of amides is 1. The molecule has 1 amide bonds. The van der Waals surface area contributed by atoms with Crippen molar-refractivity contribution in [3.8, 4) is 12.3 Å². The van der Waals surface area contributed by atoms with Gasteiger partial charge in [0.15, 0.2) is 0 Å². The van der Waals surface area contributed by atoms with Crippen LogP contribution in [0.15, 0.2) is 12.7 Å². The van der Waals surface area contributed by atoms with Gasteiger partial charge in [-0.3, -0.25) is 9.59 Å². The van der Waals surface area contributed by atoms with E-state index in [0.717, 1.165) is 12.8 Å². The fourth-order valence-electron chi connectivity index (χ4n) is 1.72. The maximum Gasteiger partial charge on any atom is 0.288 e. The normalized spacial score (nSPS) is 15.7. The number of terminal acetylenes is 1. The van der Waals surface area contributed by atoms with Crippen molar-refractivity contribution in [1.29, 1.82) is 0 Å². The predicted molar refractivity (Wildman–Crippen MR) is 69.2 cm³/mol. The van der Waals surface area contributed by atoms with E-state index in [-0.39, 0.29) is 7.43 Å². The molecule has 1 unspecified atom stereocenters. The lowest BCUT2D eigenvalue weighted by molar-refractivity contribution is -0.139. The molecule has 1 aliphatic carbocycles. The number of nitrogens with one attached hydrogen (secondary N) is 1. The molecule has 0 radical (unpaired) electrons. The van der Waals surface area contributed by atoms with Gasteiger partial charge in [0.1, 0.15) is 0 Å². The van der Waals surface area contributed by atoms with Gasteiger partial charge in [0, 0.05) is 6.54 Å². The Kier molecular flexibility index (Phi) is 6.97. The third kappa shape index (κ3) is 4.44. The van der Waals surface area contributed by atoms with Crippen LogP contribution in [-0.2, 0) is 9.59 Å². The van der Waals surface area contributed by atoms with Crippen molar-refractivity contribution >= 4 is 11.7 Å². The molecule has 17 heavy (non-hydrogen) atoms. The Hall–Kier alpha value is -1.56. The summed E-state index contributed by atoms with van der Waals surface area (Å²) in [5, 5.41) is 2.45. The molecular formula is C14H21NO2. The second kappa shape index (κ2) is 7.67. The number of Topliss-reactive ketones (excluding diaryl/α,β-unsaturated/α-hetero) is 1. The monoisotopic (exact) mass is 235 g/mol. The summed E-state index contributed by atoms with van der Waals surface area (Å²) in [5.41, 5.74) is 0. The number of ketones is 1. The van der Waals surface area contributed by atoms with Crippen molar-refractivity contribution in [3.63, 3.8) is 0 Å². The van der Waals surface area contributed by atoms with Crippen LogP contribution in [0.1, 0.15) is 33.1 Å². The minimum atomic E-state index is -0.595. The van der Waals surface area contributed by atoms with Gasteiger partial charge in [-0.15, -0.1) is 13.0 Å². The molecule has 1 rings (SSSR count). The quantitative estimate of drug-likeness (QED) is 0.434. The van der Waals surface area contributed by atoms with Crippen LogP contribution in [0.3, 0.4) is 0 Å². The van der Waals surface area contributed by atoms with E-state index in [1.807, 2.05) is 0 Å². The lowest BCUT2D eigenvalue weighted by Crippen LogP contribution is -2.36. The minimum absolute atomic E-state index is 0. The first-order valence-corrected chi connectivity index (χ1v) is 5.58. The molecule has 3 nitrogen and oxygen atoms in total. The molecule has 1 atom stereocenters. The van der Waals surface area contributed by atoms with Crippen molar-refractivity contribution in [2.24, 2.45) is 11.8 Å². The Morgan fingerprint density at radius 1 is 1.53 bits per heavy atom. The first-order valence-electron chi connectivity index (χ1n) is 5.58. The molecule has 0 saturated heterocycles. The van der Waals surface area contributed by atoms with Gasteiger partial charge in [0.2, 0.25) is 5.78 Å². The molecule has 0 aromatic carbocycles. The smallest absolute Gasteiger partial charge is 0.288 e. The summed E-state index contributed by atoms with van der Waals surface area (Å²) >= 11 is 0. The fourth-order valence-corrected chi connectivity index (χ4v) is 1.72. The molecule has 1 saturated carbocycles. The second-order valence-electron chi connectivity index (χ2n) is 4.11. The number of hydrogen-bond donors (Lipinski definition) is 1. The Balaban J connectivity index is 0.00000256. The average molecular weight is 235 g/mol. The van der Waals surface area contributed by atoms with Crippen LogP contribution in [0.5, 0.6) is 0 Å². The molecule has 0 bridgehead atoms. The van der Waals surface area contributed by atoms with E-state index in [1.165, 1.54) is 12.5 Å². The minimum Gasteiger partial charge on any atom is -0.346 e. The van der Waals surface area contributed by atoms with Gasteiger partial charge < -0.3 is 5.32 Å². The highest BCUT2D eigenvalue weighted by molar-refractivity contribution is 6.37. The fraction of sp³-hybridized carbons (Fsp3) is 0.571. The molecule has 1 fully saturated rings. The van der Waals surface area contributed by atoms with Crippen LogP contribution in [0.4, 0.5) is 0 Å². The van der Waals surface area contributed by atoms with Crippen LogP contribution in [0.2, 0.25) is 0 Å². The Morgan fingerprint density at radius 3 is 2.59 bits per heavy atom. The Morgan fingerprint density at radius 2 is 2.18 bits per heavy atom. The van der Waals surface area contributed by atoms with Crippen LogP contribution in [0.25, 0.3) is 0 Å². The highest BCUT2D eigenvalue weighted by Crippen LogP contribution is 2.32. The molecule has 0 aromatic heterocycles. The predicted octanol–water partition coefficient (Wildman–Crippen LogP) is 1.93. The number of carbonyl (C=O) groups is 2. The zero-order valence-corrected chi connectivity index (χ0v) is 9.37. The van der Waals surface area contributed by atoms with Gasteiger partial charge in [0.05, 0.1) is 5.92 Å². The van der Waals surface area contributed by atoms with Gasteiger partial charge >= 0.3 is 0 Å². The lowest BCUT2D eigenvalue weighted by Gasteiger charge is -2.26. The summed E-state index contributed by atoms with van der Waals surface area (Å²) in [5.74, 6) is 1.30. The Labute approximate surface area is 104 Å². The van der Waals surface area contributed by atoms with E-state index in [9.17, 15) is 9.59 Å². The van der Waals surface area contributed by atoms with Crippen LogP contribution >= 0.6 is 0 Å². The van der Waals surface area contributed by atoms with Gasteiger partial charge in [0.25, 0.3) is 5.91 Å². The van der Waals surface area contributed by atoms with Crippen LogP contribution < -0.4 is 5.32 Å². The van der Waals surface area contributed by atoms with Crippen LogP contribution in [-0.4, -0.2) is 18.2 Å². The van der Waals surface area contributed by atoms with Crippen molar-refractivity contribution in [3.05, 3.63) is 12.7 Å². The summed E-state index contributed by atoms with van der Waals surface area (Å²) in [6.45, 7) is 3.76. The molecule has 0 heterocycles. The molecule has 1 aliphatic rings. The van der Waals surface area contributed by atoms with Gasteiger partial charge in [-0.25, -0.2) is 0 Å². The van der Waals surface area contributed by atoms with Gasteiger partial charge in [-0.2, -0.15) is 0 Å². The SMILES string of the molecule is C.C#CC(CC1CCC1)C(=O)C(=O)NCC=C. The molecule has 94 valence electrons. The van der Waals surface area contributed by atoms with Crippen molar-refractivity contribution in [1.82, 2.24) is 5.32 Å². The average Bonchev–Trinajstić information content (AvgIpc) is 2.24. The largest absolute Gasteiger partial charge is 0.346 e. The van der Waals surface area contributed by atoms with Crippen molar-refractivity contribution in [2.75, 3.05) is 6.54 Å². The molecule has 1 N–H and O–H groups in total. The summed E-state index contributed by atoms with van der Waals surface area (Å²) in [6, 6.07) is 0. The molecule has 0 aliphatic heterocycles. The molecule has 0 spiro atoms. The maximum atomic E-state index is 11.7. The summed E-state index contributed by atoms with van der Waals surface area (Å²) in [7, 11) is 0. The first kappa shape index (κ1) is 15.4. The highest BCUT2D eigenvalue weighted by Gasteiger charge is 2.28. The highest BCUT2D eigenvalue weighted by atomic mass is 16.2. The third-order valence-electron chi connectivity index (χ3n) is 2.94. The van der Waals surface area contributed by atoms with E-state index < -0.39 is 17.6 Å². The van der Waals surface area contributed by atoms with E-state index >= 15 is 0 Å². The van der Waals surface area contributed by atoms with Crippen molar-refractivity contribution < 1.29 is 9.59 Å². The van der Waals surface area contributed by atoms with Gasteiger partial charge in [-0.05, 0) is 12.3 Å². The topological polar surface area (TPSA) is 46.2 Å². The van der Waals surface area contributed by atoms with Crippen molar-refractivity contribution in [2.45, 2.75) is 33.1 Å².